The molecule has 4 aromatic rings. The molecule has 2 heterocycles. The number of imide groups is 2. The first-order valence-corrected chi connectivity index (χ1v) is 16.0. The van der Waals surface area contributed by atoms with E-state index < -0.39 is 35.0 Å². The molecule has 4 aliphatic rings. The molecule has 8 heteroatoms. The molecule has 2 saturated heterocycles. The fraction of sp³-hybridized carbons (Fsp3) is 0.256. The molecule has 0 spiro atoms. The van der Waals surface area contributed by atoms with Gasteiger partial charge in [-0.15, -0.1) is 0 Å². The minimum Gasteiger partial charge on any atom is -0.507 e. The van der Waals surface area contributed by atoms with Crippen LogP contribution in [0.15, 0.2) is 103 Å². The van der Waals surface area contributed by atoms with Crippen LogP contribution in [-0.2, 0) is 19.2 Å². The van der Waals surface area contributed by atoms with E-state index in [2.05, 4.69) is 0 Å². The maximum Gasteiger partial charge on any atom is 0.241 e. The number of Topliss-reactive ketones (excluding diaryl/α,β-unsaturated/α-hetero) is 1. The van der Waals surface area contributed by atoms with E-state index in [4.69, 9.17) is 0 Å². The molecule has 2 aliphatic heterocycles. The van der Waals surface area contributed by atoms with Crippen molar-refractivity contribution in [2.45, 2.75) is 32.6 Å². The molecule has 4 amide bonds. The maximum atomic E-state index is 14.6. The third kappa shape index (κ3) is 3.97. The Hall–Kier alpha value is -5.37. The summed E-state index contributed by atoms with van der Waals surface area (Å²) in [6.45, 7) is 3.27. The number of carbonyl (C=O) groups excluding carboxylic acids is 5. The zero-order chi connectivity index (χ0) is 32.8. The summed E-state index contributed by atoms with van der Waals surface area (Å²) in [7, 11) is 0. The van der Waals surface area contributed by atoms with Crippen LogP contribution < -0.4 is 9.80 Å². The van der Waals surface area contributed by atoms with E-state index in [9.17, 15) is 29.1 Å². The van der Waals surface area contributed by atoms with Crippen molar-refractivity contribution in [1.82, 2.24) is 0 Å². The second-order valence-electron chi connectivity index (χ2n) is 13.3. The molecule has 1 N–H and O–H groups in total. The molecule has 8 rings (SSSR count). The number of para-hydroxylation sites is 1. The normalized spacial score (nSPS) is 28.3. The van der Waals surface area contributed by atoms with Gasteiger partial charge in [-0.1, -0.05) is 66.2 Å². The second kappa shape index (κ2) is 10.3. The highest BCUT2D eigenvalue weighted by Gasteiger charge is 2.68. The minimum absolute atomic E-state index is 0.0381. The van der Waals surface area contributed by atoms with E-state index in [1.807, 2.05) is 55.5 Å². The van der Waals surface area contributed by atoms with Gasteiger partial charge in [0, 0.05) is 22.4 Å². The van der Waals surface area contributed by atoms with E-state index in [0.29, 0.717) is 34.3 Å². The Kier molecular flexibility index (Phi) is 6.38. The number of phenolic OH excluding ortho intramolecular Hbond substituents is 1. The van der Waals surface area contributed by atoms with Crippen LogP contribution >= 0.6 is 0 Å². The van der Waals surface area contributed by atoms with Crippen molar-refractivity contribution < 1.29 is 29.1 Å². The lowest BCUT2D eigenvalue weighted by molar-refractivity contribution is -0.131. The van der Waals surface area contributed by atoms with Gasteiger partial charge in [0.15, 0.2) is 5.78 Å². The van der Waals surface area contributed by atoms with Gasteiger partial charge >= 0.3 is 0 Å². The molecule has 1 saturated carbocycles. The van der Waals surface area contributed by atoms with E-state index in [0.717, 1.165) is 11.0 Å². The van der Waals surface area contributed by atoms with Gasteiger partial charge in [-0.3, -0.25) is 28.9 Å². The summed E-state index contributed by atoms with van der Waals surface area (Å²) in [5.74, 6) is -4.82. The average Bonchev–Trinajstić information content (AvgIpc) is 3.45. The number of benzene rings is 4. The standard InChI is InChI=1S/C39H32N2O6/c1-21(42)22-12-15-25(16-13-22)40-35(44)28-19-18-27-30(32(28)37(40)46)20-31-36(45)41(24-9-4-3-5-10-24)38(47)39(31,2)33(27)29-17-14-23-8-6-7-11-26(23)34(29)43/h3-18,28,30-33,43H,19-20H2,1-2H3. The Labute approximate surface area is 271 Å². The largest absolute Gasteiger partial charge is 0.507 e. The van der Waals surface area contributed by atoms with Crippen LogP contribution in [0, 0.1) is 29.1 Å². The predicted octanol–water partition coefficient (Wildman–Crippen LogP) is 6.18. The van der Waals surface area contributed by atoms with Gasteiger partial charge < -0.3 is 5.11 Å². The van der Waals surface area contributed by atoms with Crippen LogP contribution in [0.1, 0.15) is 48.5 Å². The van der Waals surface area contributed by atoms with Gasteiger partial charge in [-0.05, 0) is 74.4 Å². The smallest absolute Gasteiger partial charge is 0.241 e. The van der Waals surface area contributed by atoms with Crippen molar-refractivity contribution in [2.75, 3.05) is 9.80 Å². The SMILES string of the molecule is CC(=O)c1ccc(N2C(=O)C3CC=C4C(CC5C(=O)N(c6ccccc6)C(=O)C5(C)C4c4ccc5ccccc5c4O)C3C2=O)cc1. The number of carbonyl (C=O) groups is 5. The summed E-state index contributed by atoms with van der Waals surface area (Å²) in [6, 6.07) is 26.5. The molecule has 8 nitrogen and oxygen atoms in total. The van der Waals surface area contributed by atoms with Gasteiger partial charge in [0.05, 0.1) is 34.5 Å². The summed E-state index contributed by atoms with van der Waals surface area (Å²) in [5.41, 5.74) is 1.42. The Bertz CT molecular complexity index is 2070. The highest BCUT2D eigenvalue weighted by atomic mass is 16.3. The fourth-order valence-corrected chi connectivity index (χ4v) is 8.79. The molecule has 0 bridgehead atoms. The Morgan fingerprint density at radius 3 is 2.17 bits per heavy atom. The molecule has 6 unspecified atom stereocenters. The van der Waals surface area contributed by atoms with E-state index in [1.54, 1.807) is 48.5 Å². The lowest BCUT2D eigenvalue weighted by Crippen LogP contribution is -2.48. The van der Waals surface area contributed by atoms with Crippen molar-refractivity contribution in [3.8, 4) is 5.75 Å². The van der Waals surface area contributed by atoms with E-state index in [1.165, 1.54) is 16.7 Å². The summed E-state index contributed by atoms with van der Waals surface area (Å²) in [4.78, 5) is 71.5. The Morgan fingerprint density at radius 1 is 0.766 bits per heavy atom. The van der Waals surface area contributed by atoms with E-state index in [-0.39, 0.29) is 41.6 Å². The number of hydrogen-bond donors (Lipinski definition) is 1. The van der Waals surface area contributed by atoms with Crippen LogP contribution in [-0.4, -0.2) is 34.5 Å². The van der Waals surface area contributed by atoms with Crippen molar-refractivity contribution in [1.29, 1.82) is 0 Å². The summed E-state index contributed by atoms with van der Waals surface area (Å²) >= 11 is 0. The number of aromatic hydroxyl groups is 1. The second-order valence-corrected chi connectivity index (χ2v) is 13.3. The molecule has 0 aromatic heterocycles. The third-order valence-electron chi connectivity index (χ3n) is 11.1. The quantitative estimate of drug-likeness (QED) is 0.165. The van der Waals surface area contributed by atoms with Crippen molar-refractivity contribution in [2.24, 2.45) is 29.1 Å². The topological polar surface area (TPSA) is 112 Å². The first kappa shape index (κ1) is 29.1. The lowest BCUT2D eigenvalue weighted by Gasteiger charge is -2.49. The average molecular weight is 625 g/mol. The van der Waals surface area contributed by atoms with Crippen LogP contribution in [0.3, 0.4) is 0 Å². The highest BCUT2D eigenvalue weighted by Crippen LogP contribution is 2.64. The van der Waals surface area contributed by atoms with Crippen LogP contribution in [0.4, 0.5) is 11.4 Å². The monoisotopic (exact) mass is 624 g/mol. The minimum atomic E-state index is -1.25. The molecule has 2 aliphatic carbocycles. The Balaban J connectivity index is 1.28. The lowest BCUT2D eigenvalue weighted by atomic mass is 9.51. The fourth-order valence-electron chi connectivity index (χ4n) is 8.79. The number of ketones is 1. The van der Waals surface area contributed by atoms with E-state index >= 15 is 0 Å². The molecule has 0 radical (unpaired) electrons. The zero-order valence-electron chi connectivity index (χ0n) is 25.9. The van der Waals surface area contributed by atoms with Crippen LogP contribution in [0.5, 0.6) is 5.75 Å². The number of fused-ring (bicyclic) bond motifs is 5. The van der Waals surface area contributed by atoms with Gasteiger partial charge in [-0.2, -0.15) is 0 Å². The number of rotatable bonds is 4. The van der Waals surface area contributed by atoms with Gasteiger partial charge in [0.2, 0.25) is 23.6 Å². The molecule has 47 heavy (non-hydrogen) atoms. The molecule has 234 valence electrons. The molecule has 6 atom stereocenters. The summed E-state index contributed by atoms with van der Waals surface area (Å²) in [5, 5.41) is 13.3. The van der Waals surface area contributed by atoms with Crippen molar-refractivity contribution in [3.05, 3.63) is 114 Å². The first-order valence-electron chi connectivity index (χ1n) is 16.0. The molecule has 3 fully saturated rings. The van der Waals surface area contributed by atoms with Crippen molar-refractivity contribution >= 4 is 51.6 Å². The number of nitrogens with zero attached hydrogens (tertiary/aromatic N) is 2. The Morgan fingerprint density at radius 2 is 1.45 bits per heavy atom. The number of allylic oxidation sites excluding steroid dienone is 2. The van der Waals surface area contributed by atoms with Gasteiger partial charge in [0.1, 0.15) is 5.75 Å². The predicted molar refractivity (Wildman–Crippen MR) is 176 cm³/mol. The van der Waals surface area contributed by atoms with Crippen molar-refractivity contribution in [3.63, 3.8) is 0 Å². The number of amides is 4. The number of hydrogen-bond acceptors (Lipinski definition) is 6. The molecular formula is C39H32N2O6. The van der Waals surface area contributed by atoms with Gasteiger partial charge in [0.25, 0.3) is 0 Å². The van der Waals surface area contributed by atoms with Crippen LogP contribution in [0.25, 0.3) is 10.8 Å². The summed E-state index contributed by atoms with van der Waals surface area (Å²) < 4.78 is 0. The molecule has 4 aromatic carbocycles. The zero-order valence-corrected chi connectivity index (χ0v) is 25.9. The molecular weight excluding hydrogens is 592 g/mol. The maximum absolute atomic E-state index is 14.6. The third-order valence-corrected chi connectivity index (χ3v) is 11.1. The number of phenols is 1. The summed E-state index contributed by atoms with van der Waals surface area (Å²) in [6.07, 6.45) is 2.49. The number of anilines is 2. The van der Waals surface area contributed by atoms with Crippen LogP contribution in [0.2, 0.25) is 0 Å². The first-order chi connectivity index (χ1) is 22.6. The van der Waals surface area contributed by atoms with Gasteiger partial charge in [-0.25, -0.2) is 4.90 Å². The highest BCUT2D eigenvalue weighted by molar-refractivity contribution is 6.25.